The number of nitrogens with zero attached hydrogens (tertiary/aromatic N) is 2. The molecule has 0 saturated heterocycles. The minimum Gasteiger partial charge on any atom is -0.410 e. The molecular formula is C11H8N4O2. The van der Waals surface area contributed by atoms with Gasteiger partial charge in [0.25, 0.3) is 0 Å². The van der Waals surface area contributed by atoms with Gasteiger partial charge in [0, 0.05) is 0 Å². The van der Waals surface area contributed by atoms with Gasteiger partial charge in [0.05, 0.1) is 6.20 Å². The molecule has 1 heterocycles. The Morgan fingerprint density at radius 1 is 1.41 bits per heavy atom. The summed E-state index contributed by atoms with van der Waals surface area (Å²) in [5, 5.41) is 17.2. The minimum absolute atomic E-state index is 0.216. The molecule has 6 nitrogen and oxygen atoms in total. The largest absolute Gasteiger partial charge is 0.418 e. The zero-order valence-electron chi connectivity index (χ0n) is 8.68. The average Bonchev–Trinajstić information content (AvgIpc) is 2.77. The predicted octanol–water partition coefficient (Wildman–Crippen LogP) is 1.89. The fourth-order valence-corrected chi connectivity index (χ4v) is 1.19. The van der Waals surface area contributed by atoms with Crippen molar-refractivity contribution in [2.75, 3.05) is 5.32 Å². The van der Waals surface area contributed by atoms with E-state index in [1.807, 2.05) is 12.1 Å². The highest BCUT2D eigenvalue weighted by Crippen LogP contribution is 2.12. The Morgan fingerprint density at radius 3 is 2.88 bits per heavy atom. The van der Waals surface area contributed by atoms with E-state index in [0.717, 1.165) is 0 Å². The van der Waals surface area contributed by atoms with Gasteiger partial charge < -0.3 is 4.74 Å². The lowest BCUT2D eigenvalue weighted by molar-refractivity contribution is 0.215. The molecule has 17 heavy (non-hydrogen) atoms. The van der Waals surface area contributed by atoms with Crippen LogP contribution in [-0.4, -0.2) is 16.3 Å². The van der Waals surface area contributed by atoms with E-state index in [2.05, 4.69) is 15.5 Å². The number of carbonyl (C=O) groups excluding carboxylic acids is 1. The van der Waals surface area contributed by atoms with Crippen molar-refractivity contribution < 1.29 is 9.53 Å². The summed E-state index contributed by atoms with van der Waals surface area (Å²) in [4.78, 5) is 11.5. The van der Waals surface area contributed by atoms with Gasteiger partial charge in [0.2, 0.25) is 0 Å². The lowest BCUT2D eigenvalue weighted by Crippen LogP contribution is -2.17. The molecule has 1 aromatic carbocycles. The van der Waals surface area contributed by atoms with Crippen LogP contribution in [0.25, 0.3) is 0 Å². The van der Waals surface area contributed by atoms with Gasteiger partial charge in [0.15, 0.2) is 0 Å². The summed E-state index contributed by atoms with van der Waals surface area (Å²) in [7, 11) is 0. The number of hydrogen-bond acceptors (Lipinski definition) is 4. The third-order valence-electron chi connectivity index (χ3n) is 1.94. The Kier molecular flexibility index (Phi) is 3.03. The molecular weight excluding hydrogens is 220 g/mol. The zero-order chi connectivity index (χ0) is 12.1. The van der Waals surface area contributed by atoms with Crippen molar-refractivity contribution in [2.24, 2.45) is 0 Å². The standard InChI is InChI=1S/C11H8N4O2/c12-6-8-7-13-15-10(8)14-11(16)17-9-4-2-1-3-5-9/h1-5,7H,(H2,13,14,15,16). The second kappa shape index (κ2) is 4.81. The Labute approximate surface area is 96.8 Å². The van der Waals surface area contributed by atoms with E-state index in [1.54, 1.807) is 24.3 Å². The molecule has 0 saturated carbocycles. The maximum Gasteiger partial charge on any atom is 0.418 e. The molecule has 1 amide bonds. The number of benzene rings is 1. The van der Waals surface area contributed by atoms with E-state index in [9.17, 15) is 4.79 Å². The van der Waals surface area contributed by atoms with E-state index < -0.39 is 6.09 Å². The molecule has 0 bridgehead atoms. The second-order valence-electron chi connectivity index (χ2n) is 3.10. The molecule has 0 atom stereocenters. The first-order chi connectivity index (χ1) is 8.29. The number of carbonyl (C=O) groups is 1. The lowest BCUT2D eigenvalue weighted by Gasteiger charge is -2.04. The smallest absolute Gasteiger partial charge is 0.410 e. The first-order valence-electron chi connectivity index (χ1n) is 4.77. The molecule has 6 heteroatoms. The van der Waals surface area contributed by atoms with Gasteiger partial charge in [-0.2, -0.15) is 10.4 Å². The van der Waals surface area contributed by atoms with Gasteiger partial charge in [-0.3, -0.25) is 10.4 Å². The molecule has 2 aromatic rings. The first kappa shape index (κ1) is 10.7. The van der Waals surface area contributed by atoms with Crippen molar-refractivity contribution >= 4 is 11.9 Å². The summed E-state index contributed by atoms with van der Waals surface area (Å²) < 4.78 is 4.98. The van der Waals surface area contributed by atoms with E-state index in [1.165, 1.54) is 6.20 Å². The second-order valence-corrected chi connectivity index (χ2v) is 3.10. The first-order valence-corrected chi connectivity index (χ1v) is 4.77. The number of anilines is 1. The van der Waals surface area contributed by atoms with Crippen LogP contribution in [0.5, 0.6) is 5.75 Å². The fourth-order valence-electron chi connectivity index (χ4n) is 1.19. The molecule has 2 N–H and O–H groups in total. The van der Waals surface area contributed by atoms with E-state index in [0.29, 0.717) is 5.75 Å². The van der Waals surface area contributed by atoms with Crippen LogP contribution in [0.4, 0.5) is 10.6 Å². The van der Waals surface area contributed by atoms with Crippen LogP contribution < -0.4 is 10.1 Å². The van der Waals surface area contributed by atoms with Crippen molar-refractivity contribution in [3.05, 3.63) is 42.1 Å². The topological polar surface area (TPSA) is 90.8 Å². The molecule has 0 fully saturated rings. The summed E-state index contributed by atoms with van der Waals surface area (Å²) in [5.74, 6) is 0.636. The third-order valence-corrected chi connectivity index (χ3v) is 1.94. The van der Waals surface area contributed by atoms with Crippen molar-refractivity contribution in [3.63, 3.8) is 0 Å². The monoisotopic (exact) mass is 228 g/mol. The van der Waals surface area contributed by atoms with E-state index >= 15 is 0 Å². The van der Waals surface area contributed by atoms with Crippen LogP contribution in [0.2, 0.25) is 0 Å². The van der Waals surface area contributed by atoms with Gasteiger partial charge in [-0.1, -0.05) is 18.2 Å². The number of H-pyrrole nitrogens is 1. The average molecular weight is 228 g/mol. The number of nitrogens with one attached hydrogen (secondary N) is 2. The number of aromatic amines is 1. The number of nitriles is 1. The van der Waals surface area contributed by atoms with Gasteiger partial charge in [0.1, 0.15) is 23.2 Å². The number of rotatable bonds is 2. The van der Waals surface area contributed by atoms with Crippen LogP contribution in [0, 0.1) is 11.3 Å². The molecule has 0 radical (unpaired) electrons. The third kappa shape index (κ3) is 2.60. The number of ether oxygens (including phenoxy) is 1. The maximum atomic E-state index is 11.5. The molecule has 0 aliphatic rings. The van der Waals surface area contributed by atoms with E-state index in [-0.39, 0.29) is 11.4 Å². The van der Waals surface area contributed by atoms with Gasteiger partial charge >= 0.3 is 6.09 Å². The number of hydrogen-bond donors (Lipinski definition) is 2. The SMILES string of the molecule is N#Cc1cn[nH]c1NC(=O)Oc1ccccc1. The van der Waals surface area contributed by atoms with Crippen molar-refractivity contribution in [2.45, 2.75) is 0 Å². The highest BCUT2D eigenvalue weighted by atomic mass is 16.6. The lowest BCUT2D eigenvalue weighted by atomic mass is 10.3. The summed E-state index contributed by atoms with van der Waals surface area (Å²) >= 11 is 0. The normalized spacial score (nSPS) is 9.35. The highest BCUT2D eigenvalue weighted by molar-refractivity contribution is 5.86. The molecule has 0 spiro atoms. The number of amides is 1. The highest BCUT2D eigenvalue weighted by Gasteiger charge is 2.09. The van der Waals surface area contributed by atoms with Crippen LogP contribution in [0.15, 0.2) is 36.5 Å². The molecule has 0 unspecified atom stereocenters. The van der Waals surface area contributed by atoms with Gasteiger partial charge in [-0.05, 0) is 12.1 Å². The van der Waals surface area contributed by atoms with Crippen LogP contribution in [0.1, 0.15) is 5.56 Å². The van der Waals surface area contributed by atoms with Crippen LogP contribution in [0.3, 0.4) is 0 Å². The van der Waals surface area contributed by atoms with Gasteiger partial charge in [-0.25, -0.2) is 4.79 Å². The molecule has 84 valence electrons. The fraction of sp³-hybridized carbons (Fsp3) is 0. The quantitative estimate of drug-likeness (QED) is 0.821. The predicted molar refractivity (Wildman–Crippen MR) is 59.4 cm³/mol. The Hall–Kier alpha value is -2.81. The Balaban J connectivity index is 2.01. The van der Waals surface area contributed by atoms with E-state index in [4.69, 9.17) is 10.00 Å². The summed E-state index contributed by atoms with van der Waals surface area (Å²) in [6.45, 7) is 0. The Bertz CT molecular complexity index is 556. The van der Waals surface area contributed by atoms with Crippen molar-refractivity contribution in [3.8, 4) is 11.8 Å². The number of para-hydroxylation sites is 1. The number of aromatic nitrogens is 2. The zero-order valence-corrected chi connectivity index (χ0v) is 8.68. The molecule has 0 aliphatic carbocycles. The summed E-state index contributed by atoms with van der Waals surface area (Å²) in [5.41, 5.74) is 0.245. The van der Waals surface area contributed by atoms with Gasteiger partial charge in [-0.15, -0.1) is 0 Å². The maximum absolute atomic E-state index is 11.5. The summed E-state index contributed by atoms with van der Waals surface area (Å²) in [6.07, 6.45) is 0.634. The molecule has 1 aromatic heterocycles. The van der Waals surface area contributed by atoms with Crippen LogP contribution >= 0.6 is 0 Å². The van der Waals surface area contributed by atoms with Crippen molar-refractivity contribution in [1.29, 1.82) is 5.26 Å². The van der Waals surface area contributed by atoms with Crippen molar-refractivity contribution in [1.82, 2.24) is 10.2 Å². The molecule has 2 rings (SSSR count). The minimum atomic E-state index is -0.683. The molecule has 0 aliphatic heterocycles. The summed E-state index contributed by atoms with van der Waals surface area (Å²) in [6, 6.07) is 10.5. The Morgan fingerprint density at radius 2 is 2.18 bits per heavy atom. The van der Waals surface area contributed by atoms with Crippen LogP contribution in [-0.2, 0) is 0 Å².